The van der Waals surface area contributed by atoms with Gasteiger partial charge in [-0.1, -0.05) is 140 Å². The number of ether oxygens (including phenoxy) is 1. The zero-order valence-corrected chi connectivity index (χ0v) is 40.6. The van der Waals surface area contributed by atoms with Crippen molar-refractivity contribution in [2.45, 2.75) is 6.92 Å². The molecule has 0 amide bonds. The molecule has 0 fully saturated rings. The largest absolute Gasteiger partial charge is 0.494 e. The molecule has 0 unspecified atom stereocenters. The average Bonchev–Trinajstić information content (AvgIpc) is 3.85. The van der Waals surface area contributed by atoms with Crippen molar-refractivity contribution < 1.29 is 4.74 Å². The van der Waals surface area contributed by atoms with E-state index in [1.807, 2.05) is 98.4 Å². The molecule has 0 saturated heterocycles. The highest BCUT2D eigenvalue weighted by Crippen LogP contribution is 2.39. The summed E-state index contributed by atoms with van der Waals surface area (Å²) in [5.74, 6) is 2.21. The van der Waals surface area contributed by atoms with Crippen molar-refractivity contribution in [1.29, 1.82) is 0 Å². The Hall–Kier alpha value is -9.66. The van der Waals surface area contributed by atoms with Crippen LogP contribution in [0.5, 0.6) is 0 Å². The summed E-state index contributed by atoms with van der Waals surface area (Å²) in [7, 11) is 2.12. The van der Waals surface area contributed by atoms with Gasteiger partial charge in [0.25, 0.3) is 0 Å². The first-order valence-corrected chi connectivity index (χ1v) is 24.4. The van der Waals surface area contributed by atoms with E-state index in [0.717, 1.165) is 107 Å². The molecule has 352 valence electrons. The third-order valence-electron chi connectivity index (χ3n) is 13.0. The first kappa shape index (κ1) is 45.8. The SMILES string of the molecule is C=C(OCC)c1cccc(-c2ccc(N(c3ccc(-c4ccc(-c5ccc(N(c6ccc(-c7ccccc7)nc6)c6ccc(-c7ccccc7)cn6)cc5)n4C)cc3)c3ccc(-c4ccccc4)nc3)nc2)c1. The van der Waals surface area contributed by atoms with Crippen molar-refractivity contribution >= 4 is 40.1 Å². The van der Waals surface area contributed by atoms with Crippen molar-refractivity contribution in [3.05, 3.63) is 261 Å². The molecule has 0 radical (unpaired) electrons. The minimum atomic E-state index is 0.564. The Kier molecular flexibility index (Phi) is 13.0. The van der Waals surface area contributed by atoms with Crippen LogP contribution < -0.4 is 9.80 Å². The van der Waals surface area contributed by atoms with Crippen LogP contribution in [0.25, 0.3) is 73.0 Å². The van der Waals surface area contributed by atoms with Crippen molar-refractivity contribution in [1.82, 2.24) is 24.5 Å². The second-order valence-electron chi connectivity index (χ2n) is 17.6. The Balaban J connectivity index is 0.879. The van der Waals surface area contributed by atoms with Gasteiger partial charge in [0, 0.05) is 70.0 Å². The number of hydrogen-bond donors (Lipinski definition) is 0. The third kappa shape index (κ3) is 9.78. The Morgan fingerprint density at radius 2 is 0.822 bits per heavy atom. The normalized spacial score (nSPS) is 11.0. The maximum Gasteiger partial charge on any atom is 0.137 e. The van der Waals surface area contributed by atoms with Crippen LogP contribution in [-0.4, -0.2) is 31.1 Å². The van der Waals surface area contributed by atoms with Crippen LogP contribution in [0.4, 0.5) is 34.4 Å². The summed E-state index contributed by atoms with van der Waals surface area (Å²) in [6, 6.07) is 77.4. The van der Waals surface area contributed by atoms with Crippen LogP contribution in [-0.2, 0) is 11.8 Å². The first-order valence-electron chi connectivity index (χ1n) is 24.4. The molecular weight excluding hydrogens is 895 g/mol. The van der Waals surface area contributed by atoms with Crippen LogP contribution in [0, 0.1) is 0 Å². The summed E-state index contributed by atoms with van der Waals surface area (Å²) in [5, 5.41) is 0. The summed E-state index contributed by atoms with van der Waals surface area (Å²) in [6.45, 7) is 6.64. The van der Waals surface area contributed by atoms with Crippen LogP contribution >= 0.6 is 0 Å². The number of rotatable bonds is 15. The number of aromatic nitrogens is 5. The molecule has 0 aliphatic carbocycles. The van der Waals surface area contributed by atoms with Crippen molar-refractivity contribution in [2.24, 2.45) is 7.05 Å². The summed E-state index contributed by atoms with van der Waals surface area (Å²) in [5.41, 5.74) is 17.2. The molecule has 5 aromatic heterocycles. The van der Waals surface area contributed by atoms with Crippen molar-refractivity contribution in [3.8, 4) is 67.3 Å². The van der Waals surface area contributed by atoms with Crippen LogP contribution in [0.3, 0.4) is 0 Å². The van der Waals surface area contributed by atoms with E-state index >= 15 is 0 Å². The van der Waals surface area contributed by atoms with Crippen molar-refractivity contribution in [3.63, 3.8) is 0 Å². The fourth-order valence-electron chi connectivity index (χ4n) is 9.22. The Bertz CT molecular complexity index is 3520. The topological polar surface area (TPSA) is 72.2 Å². The van der Waals surface area contributed by atoms with E-state index in [0.29, 0.717) is 12.4 Å². The second kappa shape index (κ2) is 20.7. The zero-order chi connectivity index (χ0) is 49.5. The molecule has 0 aliphatic rings. The lowest BCUT2D eigenvalue weighted by Crippen LogP contribution is -2.12. The summed E-state index contributed by atoms with van der Waals surface area (Å²) < 4.78 is 7.95. The number of hydrogen-bond acceptors (Lipinski definition) is 7. The van der Waals surface area contributed by atoms with Crippen LogP contribution in [0.15, 0.2) is 256 Å². The lowest BCUT2D eigenvalue weighted by atomic mass is 10.0. The van der Waals surface area contributed by atoms with E-state index in [2.05, 4.69) is 186 Å². The monoisotopic (exact) mass is 945 g/mol. The molecule has 11 aromatic rings. The first-order chi connectivity index (χ1) is 36.0. The van der Waals surface area contributed by atoms with Crippen molar-refractivity contribution in [2.75, 3.05) is 16.4 Å². The molecule has 73 heavy (non-hydrogen) atoms. The molecule has 0 atom stereocenters. The minimum Gasteiger partial charge on any atom is -0.494 e. The van der Waals surface area contributed by atoms with E-state index < -0.39 is 0 Å². The molecule has 0 N–H and O–H groups in total. The predicted octanol–water partition coefficient (Wildman–Crippen LogP) is 16.6. The molecule has 0 spiro atoms. The van der Waals surface area contributed by atoms with Gasteiger partial charge in [-0.3, -0.25) is 19.8 Å². The smallest absolute Gasteiger partial charge is 0.137 e. The maximum atomic E-state index is 5.70. The number of anilines is 6. The highest BCUT2D eigenvalue weighted by atomic mass is 16.5. The molecular formula is C65H51N7O. The lowest BCUT2D eigenvalue weighted by Gasteiger charge is -2.25. The number of pyridine rings is 4. The summed E-state index contributed by atoms with van der Waals surface area (Å²) in [4.78, 5) is 24.1. The average molecular weight is 946 g/mol. The van der Waals surface area contributed by atoms with Gasteiger partial charge in [0.05, 0.1) is 41.8 Å². The van der Waals surface area contributed by atoms with E-state index in [-0.39, 0.29) is 0 Å². The summed E-state index contributed by atoms with van der Waals surface area (Å²) in [6.07, 6.45) is 7.69. The maximum absolute atomic E-state index is 5.70. The molecule has 5 heterocycles. The predicted molar refractivity (Wildman–Crippen MR) is 299 cm³/mol. The van der Waals surface area contributed by atoms with E-state index in [1.54, 1.807) is 0 Å². The van der Waals surface area contributed by atoms with E-state index in [1.165, 1.54) is 0 Å². The fraction of sp³-hybridized carbons (Fsp3) is 0.0462. The van der Waals surface area contributed by atoms with Crippen LogP contribution in [0.1, 0.15) is 12.5 Å². The molecule has 6 aromatic carbocycles. The molecule has 0 saturated carbocycles. The number of benzene rings is 6. The van der Waals surface area contributed by atoms with E-state index in [9.17, 15) is 0 Å². The standard InChI is InChI=1S/C65H51N7O/c1-4-73-46(2)52-21-14-22-53(41-52)55-28-40-65(69-43-55)72(59-34-36-61(67-45-59)49-19-12-7-13-20-49)57-31-25-51(26-32-57)63-38-37-62(70(63)3)50-23-29-56(30-24-50)71(58-33-35-60(66-44-58)48-17-10-6-11-18-48)64-39-27-54(42-68-64)47-15-8-5-9-16-47/h5-45H,2,4H2,1,3H3. The van der Waals surface area contributed by atoms with Gasteiger partial charge in [-0.25, -0.2) is 9.97 Å². The van der Waals surface area contributed by atoms with Gasteiger partial charge in [-0.2, -0.15) is 0 Å². The zero-order valence-electron chi connectivity index (χ0n) is 40.6. The van der Waals surface area contributed by atoms with Gasteiger partial charge in [0.15, 0.2) is 0 Å². The molecule has 8 nitrogen and oxygen atoms in total. The van der Waals surface area contributed by atoms with Crippen LogP contribution in [0.2, 0.25) is 0 Å². The highest BCUT2D eigenvalue weighted by Gasteiger charge is 2.19. The molecule has 11 rings (SSSR count). The summed E-state index contributed by atoms with van der Waals surface area (Å²) >= 11 is 0. The van der Waals surface area contributed by atoms with E-state index in [4.69, 9.17) is 24.7 Å². The Morgan fingerprint density at radius 1 is 0.397 bits per heavy atom. The highest BCUT2D eigenvalue weighted by molar-refractivity contribution is 5.81. The quantitative estimate of drug-likeness (QED) is 0.0948. The van der Waals surface area contributed by atoms with Gasteiger partial charge >= 0.3 is 0 Å². The molecule has 0 aliphatic heterocycles. The molecule has 0 bridgehead atoms. The minimum absolute atomic E-state index is 0.564. The number of nitrogens with zero attached hydrogens (tertiary/aromatic N) is 7. The molecule has 8 heteroatoms. The van der Waals surface area contributed by atoms with Gasteiger partial charge in [0.2, 0.25) is 0 Å². The lowest BCUT2D eigenvalue weighted by molar-refractivity contribution is 0.299. The van der Waals surface area contributed by atoms with Gasteiger partial charge in [-0.05, 0) is 120 Å². The Morgan fingerprint density at radius 3 is 1.25 bits per heavy atom. The van der Waals surface area contributed by atoms with Gasteiger partial charge in [-0.15, -0.1) is 0 Å². The van der Waals surface area contributed by atoms with Gasteiger partial charge < -0.3 is 9.30 Å². The second-order valence-corrected chi connectivity index (χ2v) is 17.6. The fourth-order valence-corrected chi connectivity index (χ4v) is 9.22. The van der Waals surface area contributed by atoms with Gasteiger partial charge in [0.1, 0.15) is 17.4 Å². The third-order valence-corrected chi connectivity index (χ3v) is 13.0. The Labute approximate surface area is 426 Å².